The van der Waals surface area contributed by atoms with E-state index in [1.165, 1.54) is 12.1 Å². The second kappa shape index (κ2) is 9.24. The predicted molar refractivity (Wildman–Crippen MR) is 147 cm³/mol. The normalized spacial score (nSPS) is 13.6. The number of carbonyl (C=O) groups is 1. The zero-order valence-corrected chi connectivity index (χ0v) is 19.9. The maximum Gasteiger partial charge on any atom is 0.335 e. The quantitative estimate of drug-likeness (QED) is 0.307. The Morgan fingerprint density at radius 1 is 0.838 bits per heavy atom. The van der Waals surface area contributed by atoms with Crippen LogP contribution in [0.2, 0.25) is 0 Å². The molecular formula is C31H23N3O3. The lowest BCUT2D eigenvalue weighted by molar-refractivity contribution is 0.0697. The van der Waals surface area contributed by atoms with Gasteiger partial charge in [0.15, 0.2) is 0 Å². The summed E-state index contributed by atoms with van der Waals surface area (Å²) in [6.45, 7) is 0.553. The van der Waals surface area contributed by atoms with Crippen LogP contribution in [0, 0.1) is 0 Å². The number of allylic oxidation sites excluding steroid dienone is 1. The van der Waals surface area contributed by atoms with Crippen molar-refractivity contribution in [3.63, 3.8) is 0 Å². The van der Waals surface area contributed by atoms with Crippen LogP contribution in [-0.2, 0) is 6.54 Å². The number of nitrogens with zero attached hydrogens (tertiary/aromatic N) is 3. The lowest BCUT2D eigenvalue weighted by Crippen LogP contribution is -2.21. The van der Waals surface area contributed by atoms with Crippen LogP contribution in [0.4, 0.5) is 17.1 Å². The maximum atomic E-state index is 13.0. The van der Waals surface area contributed by atoms with Gasteiger partial charge in [-0.05, 0) is 78.2 Å². The Balaban J connectivity index is 1.37. The number of rotatable bonds is 5. The summed E-state index contributed by atoms with van der Waals surface area (Å²) in [5.41, 5.74) is 5.51. The molecule has 0 fully saturated rings. The van der Waals surface area contributed by atoms with E-state index in [1.807, 2.05) is 36.4 Å². The first-order chi connectivity index (χ1) is 18.1. The van der Waals surface area contributed by atoms with Crippen molar-refractivity contribution in [2.75, 3.05) is 4.90 Å². The molecule has 0 unspecified atom stereocenters. The minimum atomic E-state index is -1.04. The first kappa shape index (κ1) is 22.5. The summed E-state index contributed by atoms with van der Waals surface area (Å²) in [5, 5.41) is 9.77. The third-order valence-electron chi connectivity index (χ3n) is 6.62. The maximum absolute atomic E-state index is 13.0. The Labute approximate surface area is 213 Å². The molecule has 5 aromatic rings. The lowest BCUT2D eigenvalue weighted by atomic mass is 10.1. The first-order valence-corrected chi connectivity index (χ1v) is 12.1. The summed E-state index contributed by atoms with van der Waals surface area (Å²) >= 11 is 0. The van der Waals surface area contributed by atoms with Crippen LogP contribution in [0.5, 0.6) is 0 Å². The molecule has 0 amide bonds. The van der Waals surface area contributed by atoms with Crippen molar-refractivity contribution >= 4 is 45.6 Å². The largest absolute Gasteiger partial charge is 0.478 e. The van der Waals surface area contributed by atoms with Gasteiger partial charge in [-0.15, -0.1) is 0 Å². The summed E-state index contributed by atoms with van der Waals surface area (Å²) < 4.78 is 1.68. The fourth-order valence-electron chi connectivity index (χ4n) is 4.81. The molecule has 0 atom stereocenters. The van der Waals surface area contributed by atoms with Gasteiger partial charge in [-0.3, -0.25) is 9.36 Å². The Kier molecular flexibility index (Phi) is 5.62. The van der Waals surface area contributed by atoms with E-state index in [2.05, 4.69) is 64.5 Å². The van der Waals surface area contributed by atoms with E-state index in [4.69, 9.17) is 0 Å². The molecule has 1 N–H and O–H groups in total. The molecule has 0 radical (unpaired) electrons. The second-order valence-corrected chi connectivity index (χ2v) is 8.95. The molecule has 6 rings (SSSR count). The summed E-state index contributed by atoms with van der Waals surface area (Å²) in [6.07, 6.45) is 2.74. The number of benzene rings is 4. The summed E-state index contributed by atoms with van der Waals surface area (Å²) in [5.74, 6) is -0.445. The van der Waals surface area contributed by atoms with Crippen molar-refractivity contribution in [1.82, 2.24) is 9.55 Å². The second-order valence-electron chi connectivity index (χ2n) is 8.95. The highest BCUT2D eigenvalue weighted by atomic mass is 16.4. The number of aromatic carboxylic acids is 1. The van der Waals surface area contributed by atoms with E-state index in [9.17, 15) is 14.7 Å². The third-order valence-corrected chi connectivity index (χ3v) is 6.62. The molecule has 1 aliphatic heterocycles. The molecule has 0 saturated heterocycles. The van der Waals surface area contributed by atoms with Gasteiger partial charge in [0.2, 0.25) is 0 Å². The molecular weight excluding hydrogens is 462 g/mol. The topological polar surface area (TPSA) is 75.4 Å². The first-order valence-electron chi connectivity index (χ1n) is 12.1. The van der Waals surface area contributed by atoms with Crippen molar-refractivity contribution in [1.29, 1.82) is 0 Å². The Morgan fingerprint density at radius 2 is 1.46 bits per heavy atom. The van der Waals surface area contributed by atoms with Gasteiger partial charge in [-0.2, -0.15) is 0 Å². The van der Waals surface area contributed by atoms with E-state index in [0.29, 0.717) is 29.7 Å². The average molecular weight is 486 g/mol. The van der Waals surface area contributed by atoms with Crippen molar-refractivity contribution in [3.05, 3.63) is 130 Å². The molecule has 0 bridgehead atoms. The summed E-state index contributed by atoms with van der Waals surface area (Å²) in [7, 11) is 0. The number of hydrogen-bond donors (Lipinski definition) is 1. The van der Waals surface area contributed by atoms with Crippen LogP contribution in [0.15, 0.2) is 108 Å². The van der Waals surface area contributed by atoms with Crippen molar-refractivity contribution in [2.45, 2.75) is 13.0 Å². The number of carboxylic acid groups (broad SMARTS) is 1. The molecule has 0 aliphatic carbocycles. The summed E-state index contributed by atoms with van der Waals surface area (Å²) in [6, 6.07) is 33.2. The predicted octanol–water partition coefficient (Wildman–Crippen LogP) is 6.51. The van der Waals surface area contributed by atoms with Gasteiger partial charge in [-0.1, -0.05) is 48.5 Å². The average Bonchev–Trinajstić information content (AvgIpc) is 3.33. The zero-order chi connectivity index (χ0) is 25.4. The number of hydrogen-bond acceptors (Lipinski definition) is 4. The monoisotopic (exact) mass is 485 g/mol. The van der Waals surface area contributed by atoms with E-state index >= 15 is 0 Å². The number of aromatic nitrogens is 2. The van der Waals surface area contributed by atoms with Crippen LogP contribution in [0.3, 0.4) is 0 Å². The molecule has 0 spiro atoms. The van der Waals surface area contributed by atoms with E-state index in [1.54, 1.807) is 10.6 Å². The molecule has 0 saturated carbocycles. The lowest BCUT2D eigenvalue weighted by Gasteiger charge is -2.25. The minimum absolute atomic E-state index is 0.116. The minimum Gasteiger partial charge on any atom is -0.478 e. The van der Waals surface area contributed by atoms with Crippen molar-refractivity contribution in [3.8, 4) is 0 Å². The van der Waals surface area contributed by atoms with Gasteiger partial charge in [-0.25, -0.2) is 9.78 Å². The molecule has 6 heteroatoms. The van der Waals surface area contributed by atoms with Gasteiger partial charge in [0.05, 0.1) is 16.5 Å². The molecule has 1 aliphatic rings. The van der Waals surface area contributed by atoms with Gasteiger partial charge >= 0.3 is 5.97 Å². The van der Waals surface area contributed by atoms with Crippen LogP contribution in [0.1, 0.15) is 28.2 Å². The Morgan fingerprint density at radius 3 is 2.08 bits per heavy atom. The number of carboxylic acids is 1. The van der Waals surface area contributed by atoms with Crippen molar-refractivity contribution in [2.24, 2.45) is 0 Å². The molecule has 4 aromatic carbocycles. The highest BCUT2D eigenvalue weighted by Gasteiger charge is 2.21. The van der Waals surface area contributed by atoms with Crippen LogP contribution >= 0.6 is 0 Å². The van der Waals surface area contributed by atoms with Crippen LogP contribution < -0.4 is 10.5 Å². The fourth-order valence-corrected chi connectivity index (χ4v) is 4.81. The van der Waals surface area contributed by atoms with Gasteiger partial charge < -0.3 is 10.0 Å². The molecule has 180 valence electrons. The Hall–Kier alpha value is -4.97. The highest BCUT2D eigenvalue weighted by Crippen LogP contribution is 2.35. The smallest absolute Gasteiger partial charge is 0.335 e. The SMILES string of the molecule is O=C(O)c1ccc2c(=O)n3c(nc2c1)C(=Cc1ccc(N(c2ccccc2)c2ccccc2)cc1)CC3. The van der Waals surface area contributed by atoms with E-state index < -0.39 is 5.97 Å². The zero-order valence-electron chi connectivity index (χ0n) is 19.9. The number of fused-ring (bicyclic) bond motifs is 2. The van der Waals surface area contributed by atoms with E-state index in [0.717, 1.165) is 28.2 Å². The van der Waals surface area contributed by atoms with Gasteiger partial charge in [0.25, 0.3) is 5.56 Å². The van der Waals surface area contributed by atoms with Gasteiger partial charge in [0.1, 0.15) is 5.82 Å². The standard InChI is InChI=1S/C31H23N3O3/c35-30-27-16-13-23(31(36)37)20-28(27)32-29-22(17-18-33(29)30)19-21-11-14-26(15-12-21)34(24-7-3-1-4-8-24)25-9-5-2-6-10-25/h1-16,19-20H,17-18H2,(H,36,37). The highest BCUT2D eigenvalue weighted by molar-refractivity contribution is 5.93. The van der Waals surface area contributed by atoms with Gasteiger partial charge in [0, 0.05) is 23.6 Å². The van der Waals surface area contributed by atoms with Crippen LogP contribution in [-0.4, -0.2) is 20.6 Å². The molecule has 37 heavy (non-hydrogen) atoms. The fraction of sp³-hybridized carbons (Fsp3) is 0.0645. The molecule has 2 heterocycles. The van der Waals surface area contributed by atoms with Crippen LogP contribution in [0.25, 0.3) is 22.6 Å². The Bertz CT molecular complexity index is 1670. The van der Waals surface area contributed by atoms with Crippen molar-refractivity contribution < 1.29 is 9.90 Å². The molecule has 6 nitrogen and oxygen atoms in total. The molecule has 1 aromatic heterocycles. The third kappa shape index (κ3) is 4.19. The summed E-state index contributed by atoms with van der Waals surface area (Å²) in [4.78, 5) is 31.3. The van der Waals surface area contributed by atoms with E-state index in [-0.39, 0.29) is 11.1 Å². The number of anilines is 3. The number of para-hydroxylation sites is 2.